The predicted octanol–water partition coefficient (Wildman–Crippen LogP) is 5.79. The molecule has 1 aliphatic rings. The van der Waals surface area contributed by atoms with Gasteiger partial charge in [-0.25, -0.2) is 0 Å². The summed E-state index contributed by atoms with van der Waals surface area (Å²) < 4.78 is 10.7. The molecule has 0 radical (unpaired) electrons. The molecule has 0 N–H and O–H groups in total. The Hall–Kier alpha value is -3.31. The van der Waals surface area contributed by atoms with E-state index in [1.165, 1.54) is 16.8 Å². The van der Waals surface area contributed by atoms with Gasteiger partial charge >= 0.3 is 5.97 Å². The number of methoxy groups -OCH3 is 1. The van der Waals surface area contributed by atoms with Crippen LogP contribution < -0.4 is 9.64 Å². The Labute approximate surface area is 215 Å². The lowest BCUT2D eigenvalue weighted by atomic mass is 9.78. The van der Waals surface area contributed by atoms with E-state index in [4.69, 9.17) is 9.47 Å². The van der Waals surface area contributed by atoms with Crippen molar-refractivity contribution >= 4 is 11.7 Å². The van der Waals surface area contributed by atoms with Gasteiger partial charge in [-0.3, -0.25) is 9.69 Å². The summed E-state index contributed by atoms with van der Waals surface area (Å²) in [4.78, 5) is 17.8. The summed E-state index contributed by atoms with van der Waals surface area (Å²) in [5.41, 5.74) is 4.10. The van der Waals surface area contributed by atoms with Gasteiger partial charge in [-0.2, -0.15) is 0 Å². The largest absolute Gasteiger partial charge is 0.497 e. The van der Waals surface area contributed by atoms with E-state index in [2.05, 4.69) is 46.2 Å². The standard InChI is InChI=1S/C31H38N2O3/c1-4-36-30(34)31(2,27-9-6-5-7-10-27)19-8-20-32-21-23-33(24-22-32)28-15-11-25(12-16-28)26-13-17-29(35-3)18-14-26/h5-7,9-18H,4,8,19-24H2,1-3H3. The fourth-order valence-electron chi connectivity index (χ4n) is 4.99. The Kier molecular flexibility index (Phi) is 8.65. The van der Waals surface area contributed by atoms with Crippen molar-refractivity contribution in [3.8, 4) is 16.9 Å². The van der Waals surface area contributed by atoms with Crippen molar-refractivity contribution in [3.63, 3.8) is 0 Å². The molecule has 3 aromatic carbocycles. The molecular weight excluding hydrogens is 448 g/mol. The molecule has 5 nitrogen and oxygen atoms in total. The van der Waals surface area contributed by atoms with Gasteiger partial charge in [0.15, 0.2) is 0 Å². The minimum absolute atomic E-state index is 0.126. The molecule has 5 heteroatoms. The smallest absolute Gasteiger partial charge is 0.316 e. The van der Waals surface area contributed by atoms with Crippen LogP contribution in [0.2, 0.25) is 0 Å². The van der Waals surface area contributed by atoms with Crippen LogP contribution in [0.5, 0.6) is 5.75 Å². The number of carbonyl (C=O) groups excluding carboxylic acids is 1. The third kappa shape index (κ3) is 6.08. The van der Waals surface area contributed by atoms with Gasteiger partial charge in [-0.1, -0.05) is 54.6 Å². The second-order valence-electron chi connectivity index (χ2n) is 9.63. The highest BCUT2D eigenvalue weighted by molar-refractivity contribution is 5.82. The zero-order valence-corrected chi connectivity index (χ0v) is 21.8. The highest BCUT2D eigenvalue weighted by Crippen LogP contribution is 2.31. The van der Waals surface area contributed by atoms with E-state index in [1.54, 1.807) is 7.11 Å². The summed E-state index contributed by atoms with van der Waals surface area (Å²) in [7, 11) is 1.69. The molecule has 1 aliphatic heterocycles. The van der Waals surface area contributed by atoms with Gasteiger partial charge < -0.3 is 14.4 Å². The third-order valence-corrected chi connectivity index (χ3v) is 7.32. The van der Waals surface area contributed by atoms with Crippen LogP contribution in [-0.4, -0.2) is 57.3 Å². The van der Waals surface area contributed by atoms with Crippen molar-refractivity contribution in [2.24, 2.45) is 0 Å². The van der Waals surface area contributed by atoms with Gasteiger partial charge in [-0.15, -0.1) is 0 Å². The SMILES string of the molecule is CCOC(=O)C(C)(CCCN1CCN(c2ccc(-c3ccc(OC)cc3)cc2)CC1)c1ccccc1. The fourth-order valence-corrected chi connectivity index (χ4v) is 4.99. The van der Waals surface area contributed by atoms with Crippen LogP contribution in [0.15, 0.2) is 78.9 Å². The number of piperazine rings is 1. The molecule has 0 aromatic heterocycles. The molecule has 1 unspecified atom stereocenters. The van der Waals surface area contributed by atoms with Crippen molar-refractivity contribution in [2.75, 3.05) is 51.3 Å². The molecule has 1 atom stereocenters. The number of rotatable bonds is 10. The van der Waals surface area contributed by atoms with E-state index in [-0.39, 0.29) is 5.97 Å². The topological polar surface area (TPSA) is 42.0 Å². The lowest BCUT2D eigenvalue weighted by Gasteiger charge is -2.37. The van der Waals surface area contributed by atoms with Gasteiger partial charge in [0.2, 0.25) is 0 Å². The fraction of sp³-hybridized carbons (Fsp3) is 0.387. The van der Waals surface area contributed by atoms with Gasteiger partial charge in [0, 0.05) is 31.9 Å². The summed E-state index contributed by atoms with van der Waals surface area (Å²) in [6, 6.07) is 27.1. The lowest BCUT2D eigenvalue weighted by molar-refractivity contribution is -0.149. The number of hydrogen-bond acceptors (Lipinski definition) is 5. The normalized spacial score (nSPS) is 15.8. The summed E-state index contributed by atoms with van der Waals surface area (Å²) in [6.45, 7) is 9.37. The minimum Gasteiger partial charge on any atom is -0.497 e. The van der Waals surface area contributed by atoms with E-state index in [9.17, 15) is 4.79 Å². The quantitative estimate of drug-likeness (QED) is 0.340. The second kappa shape index (κ2) is 12.1. The van der Waals surface area contributed by atoms with Gasteiger partial charge in [0.1, 0.15) is 5.75 Å². The number of hydrogen-bond donors (Lipinski definition) is 0. The number of carbonyl (C=O) groups is 1. The molecule has 190 valence electrons. The van der Waals surface area contributed by atoms with E-state index in [1.807, 2.05) is 56.3 Å². The summed E-state index contributed by atoms with van der Waals surface area (Å²) in [6.07, 6.45) is 1.74. The Morgan fingerprint density at radius 3 is 2.06 bits per heavy atom. The molecular formula is C31H38N2O3. The molecule has 0 amide bonds. The summed E-state index contributed by atoms with van der Waals surface area (Å²) >= 11 is 0. The molecule has 1 saturated heterocycles. The van der Waals surface area contributed by atoms with Crippen LogP contribution in [-0.2, 0) is 14.9 Å². The monoisotopic (exact) mass is 486 g/mol. The van der Waals surface area contributed by atoms with Gasteiger partial charge in [-0.05, 0) is 74.2 Å². The van der Waals surface area contributed by atoms with Crippen molar-refractivity contribution in [3.05, 3.63) is 84.4 Å². The molecule has 1 heterocycles. The van der Waals surface area contributed by atoms with Crippen LogP contribution in [0.1, 0.15) is 32.3 Å². The highest BCUT2D eigenvalue weighted by Gasteiger charge is 2.36. The second-order valence-corrected chi connectivity index (χ2v) is 9.63. The Morgan fingerprint density at radius 1 is 0.861 bits per heavy atom. The van der Waals surface area contributed by atoms with Crippen LogP contribution in [0.25, 0.3) is 11.1 Å². The number of nitrogens with zero attached hydrogens (tertiary/aromatic N) is 2. The average molecular weight is 487 g/mol. The van der Waals surface area contributed by atoms with E-state index >= 15 is 0 Å². The maximum Gasteiger partial charge on any atom is 0.316 e. The van der Waals surface area contributed by atoms with Crippen LogP contribution >= 0.6 is 0 Å². The Bertz CT molecular complexity index is 1090. The first kappa shape index (κ1) is 25.8. The highest BCUT2D eigenvalue weighted by atomic mass is 16.5. The first-order valence-corrected chi connectivity index (χ1v) is 13.0. The molecule has 3 aromatic rings. The molecule has 0 aliphatic carbocycles. The first-order chi connectivity index (χ1) is 17.5. The van der Waals surface area contributed by atoms with Crippen LogP contribution in [0.3, 0.4) is 0 Å². The van der Waals surface area contributed by atoms with Crippen molar-refractivity contribution in [1.29, 1.82) is 0 Å². The summed E-state index contributed by atoms with van der Waals surface area (Å²) in [5, 5.41) is 0. The molecule has 0 saturated carbocycles. The number of anilines is 1. The molecule has 36 heavy (non-hydrogen) atoms. The maximum absolute atomic E-state index is 12.8. The predicted molar refractivity (Wildman–Crippen MR) is 147 cm³/mol. The Balaban J connectivity index is 1.28. The number of esters is 1. The lowest BCUT2D eigenvalue weighted by Crippen LogP contribution is -2.47. The van der Waals surface area contributed by atoms with Gasteiger partial charge in [0.05, 0.1) is 19.1 Å². The van der Waals surface area contributed by atoms with Crippen molar-refractivity contribution in [1.82, 2.24) is 4.90 Å². The molecule has 0 spiro atoms. The Morgan fingerprint density at radius 2 is 1.47 bits per heavy atom. The van der Waals surface area contributed by atoms with Crippen LogP contribution in [0.4, 0.5) is 5.69 Å². The minimum atomic E-state index is -0.606. The first-order valence-electron chi connectivity index (χ1n) is 13.0. The van der Waals surface area contributed by atoms with Crippen molar-refractivity contribution < 1.29 is 14.3 Å². The third-order valence-electron chi connectivity index (χ3n) is 7.32. The van der Waals surface area contributed by atoms with Crippen molar-refractivity contribution in [2.45, 2.75) is 32.1 Å². The summed E-state index contributed by atoms with van der Waals surface area (Å²) in [5.74, 6) is 0.748. The zero-order valence-electron chi connectivity index (χ0n) is 21.8. The maximum atomic E-state index is 12.8. The molecule has 0 bridgehead atoms. The zero-order chi connectivity index (χ0) is 25.4. The average Bonchev–Trinajstić information content (AvgIpc) is 2.94. The number of benzene rings is 3. The molecule has 4 rings (SSSR count). The number of ether oxygens (including phenoxy) is 2. The van der Waals surface area contributed by atoms with E-state index in [0.29, 0.717) is 6.61 Å². The van der Waals surface area contributed by atoms with Gasteiger partial charge in [0.25, 0.3) is 0 Å². The van der Waals surface area contributed by atoms with E-state index < -0.39 is 5.41 Å². The van der Waals surface area contributed by atoms with E-state index in [0.717, 1.165) is 56.9 Å². The molecule has 1 fully saturated rings. The van der Waals surface area contributed by atoms with Crippen LogP contribution in [0, 0.1) is 0 Å².